The van der Waals surface area contributed by atoms with Crippen molar-refractivity contribution in [2.75, 3.05) is 0 Å². The maximum Gasteiger partial charge on any atom is 0.513 e. The number of halogens is 6. The minimum atomic E-state index is -5.04. The summed E-state index contributed by atoms with van der Waals surface area (Å²) in [5.41, 5.74) is -0.955. The first-order valence-corrected chi connectivity index (χ1v) is 17.7. The molecule has 0 aliphatic rings. The van der Waals surface area contributed by atoms with Crippen molar-refractivity contribution in [1.29, 1.82) is 0 Å². The number of benzene rings is 6. The van der Waals surface area contributed by atoms with E-state index in [1.54, 1.807) is 24.3 Å². The van der Waals surface area contributed by atoms with E-state index in [0.29, 0.717) is 10.6 Å². The molecule has 0 aliphatic heterocycles. The van der Waals surface area contributed by atoms with Crippen LogP contribution in [-0.2, 0) is 0 Å². The lowest BCUT2D eigenvalue weighted by Gasteiger charge is -2.20. The molecule has 6 aromatic carbocycles. The van der Waals surface area contributed by atoms with Gasteiger partial charge in [-0.25, -0.2) is 0 Å². The van der Waals surface area contributed by atoms with Gasteiger partial charge in [-0.05, 0) is 60.7 Å². The van der Waals surface area contributed by atoms with Crippen molar-refractivity contribution in [1.82, 2.24) is 0 Å². The van der Waals surface area contributed by atoms with Gasteiger partial charge in [-0.2, -0.15) is 0 Å². The largest absolute Gasteiger partial charge is 0.513 e. The van der Waals surface area contributed by atoms with Crippen molar-refractivity contribution in [2.45, 2.75) is 0 Å². The molecule has 0 saturated heterocycles. The summed E-state index contributed by atoms with van der Waals surface area (Å²) >= 11 is 0. The molecule has 0 radical (unpaired) electrons. The van der Waals surface area contributed by atoms with Crippen molar-refractivity contribution in [3.8, 4) is 0 Å². The Balaban J connectivity index is 0.000000181. The zero-order valence-corrected chi connectivity index (χ0v) is 26.6. The van der Waals surface area contributed by atoms with Gasteiger partial charge in [0.05, 0.1) is 26.5 Å². The van der Waals surface area contributed by atoms with Crippen LogP contribution in [0.15, 0.2) is 170 Å². The molecule has 0 aromatic heterocycles. The first-order valence-electron chi connectivity index (χ1n) is 14.7. The Kier molecular flexibility index (Phi) is 10.8. The molecule has 10 heteroatoms. The van der Waals surface area contributed by atoms with E-state index in [4.69, 9.17) is 0 Å². The highest BCUT2D eigenvalue weighted by Gasteiger charge is 2.37. The molecule has 0 N–H and O–H groups in total. The van der Waals surface area contributed by atoms with Crippen LogP contribution in [0.1, 0.15) is 0 Å². The molecule has 0 aliphatic carbocycles. The molecule has 6 aromatic rings. The molecule has 0 fully saturated rings. The second-order valence-corrected chi connectivity index (χ2v) is 15.4. The highest BCUT2D eigenvalue weighted by atomic mass is 31.1. The monoisotopic (exact) mass is 660 g/mol. The van der Waals surface area contributed by atoms with Gasteiger partial charge in [-0.1, -0.05) is 120 Å². The Morgan fingerprint density at radius 3 is 0.739 bits per heavy atom. The molecule has 46 heavy (non-hydrogen) atoms. The van der Waals surface area contributed by atoms with Gasteiger partial charge in [0.15, 0.2) is 0 Å². The predicted molar refractivity (Wildman–Crippen MR) is 191 cm³/mol. The van der Waals surface area contributed by atoms with Crippen LogP contribution in [0.4, 0.5) is 25.9 Å². The van der Waals surface area contributed by atoms with Crippen LogP contribution in [0.3, 0.4) is 0 Å². The molecule has 0 bridgehead atoms. The molecule has 0 atom stereocenters. The summed E-state index contributed by atoms with van der Waals surface area (Å²) in [5, 5.41) is 4.63. The van der Waals surface area contributed by atoms with Crippen molar-refractivity contribution in [3.63, 3.8) is 0 Å². The van der Waals surface area contributed by atoms with Crippen molar-refractivity contribution >= 4 is 72.6 Å². The molecular formula is C36H30B2F6P2. The summed E-state index contributed by atoms with van der Waals surface area (Å²) in [6, 6.07) is 49.9. The summed E-state index contributed by atoms with van der Waals surface area (Å²) < 4.78 is 81.1. The second kappa shape index (κ2) is 15.0. The van der Waals surface area contributed by atoms with Gasteiger partial charge >= 0.3 is 14.0 Å². The van der Waals surface area contributed by atoms with Gasteiger partial charge in [0.1, 0.15) is 21.2 Å². The van der Waals surface area contributed by atoms with E-state index in [0.717, 1.165) is 21.2 Å². The van der Waals surface area contributed by atoms with Gasteiger partial charge in [-0.15, -0.1) is 0 Å². The van der Waals surface area contributed by atoms with Gasteiger partial charge < -0.3 is 25.9 Å². The highest BCUT2D eigenvalue weighted by molar-refractivity contribution is 7.80. The van der Waals surface area contributed by atoms with Crippen molar-refractivity contribution in [2.24, 2.45) is 0 Å². The quantitative estimate of drug-likeness (QED) is 0.1000. The lowest BCUT2D eigenvalue weighted by atomic mass is 9.80. The minimum Gasteiger partial charge on any atom is -0.445 e. The van der Waals surface area contributed by atoms with Crippen LogP contribution in [-0.4, -0.2) is 14.0 Å². The summed E-state index contributed by atoms with van der Waals surface area (Å²) in [5.74, 6) is 0. The Bertz CT molecular complexity index is 1600. The molecular weight excluding hydrogens is 630 g/mol. The Morgan fingerprint density at radius 2 is 0.500 bits per heavy atom. The summed E-state index contributed by atoms with van der Waals surface area (Å²) in [6.07, 6.45) is 0. The molecule has 0 unspecified atom stereocenters. The molecule has 0 saturated carbocycles. The maximum atomic E-state index is 13.5. The maximum absolute atomic E-state index is 13.5. The van der Waals surface area contributed by atoms with E-state index in [1.165, 1.54) is 24.3 Å². The van der Waals surface area contributed by atoms with Crippen LogP contribution >= 0.6 is 15.8 Å². The summed E-state index contributed by atoms with van der Waals surface area (Å²) in [7, 11) is -3.39. The summed E-state index contributed by atoms with van der Waals surface area (Å²) in [4.78, 5) is 0. The van der Waals surface area contributed by atoms with Gasteiger partial charge in [-0.3, -0.25) is 0 Å². The van der Waals surface area contributed by atoms with E-state index in [9.17, 15) is 25.9 Å². The molecule has 0 nitrogen and oxygen atoms in total. The Labute approximate surface area is 267 Å². The third-order valence-corrected chi connectivity index (χ3v) is 13.0. The third-order valence-electron chi connectivity index (χ3n) is 7.42. The fraction of sp³-hybridized carbons (Fsp3) is 0. The van der Waals surface area contributed by atoms with Crippen LogP contribution in [0.25, 0.3) is 0 Å². The third kappa shape index (κ3) is 8.18. The van der Waals surface area contributed by atoms with Crippen molar-refractivity contribution < 1.29 is 25.9 Å². The van der Waals surface area contributed by atoms with Gasteiger partial charge in [0.25, 0.3) is 0 Å². The van der Waals surface area contributed by atoms with Crippen LogP contribution in [0, 0.1) is 0 Å². The molecule has 0 heterocycles. The Morgan fingerprint density at radius 1 is 0.283 bits per heavy atom. The van der Waals surface area contributed by atoms with Gasteiger partial charge in [0, 0.05) is 0 Å². The first-order chi connectivity index (χ1) is 22.1. The second-order valence-electron chi connectivity index (χ2n) is 10.5. The van der Waals surface area contributed by atoms with E-state index in [1.807, 2.05) is 121 Å². The average molecular weight is 660 g/mol. The fourth-order valence-electron chi connectivity index (χ4n) is 5.39. The predicted octanol–water partition coefficient (Wildman–Crippen LogP) is 6.46. The average Bonchev–Trinajstić information content (AvgIpc) is 3.07. The zero-order valence-electron chi connectivity index (χ0n) is 24.6. The number of rotatable bonds is 8. The first kappa shape index (κ1) is 33.3. The summed E-state index contributed by atoms with van der Waals surface area (Å²) in [6.45, 7) is -10.1. The lowest BCUT2D eigenvalue weighted by molar-refractivity contribution is 0.499. The highest BCUT2D eigenvalue weighted by Crippen LogP contribution is 2.34. The molecule has 6 rings (SSSR count). The molecule has 0 spiro atoms. The van der Waals surface area contributed by atoms with E-state index >= 15 is 0 Å². The smallest absolute Gasteiger partial charge is 0.445 e. The van der Waals surface area contributed by atoms with Crippen LogP contribution < -0.4 is 42.8 Å². The SMILES string of the molecule is F[B-](F)(F)c1ccccc1[PH+](c1ccccc1)c1ccccc1.F[B-](F)(F)c1ccccc1[PH+](c1ccccc1)c1ccccc1. The number of hydrogen-bond donors (Lipinski definition) is 0. The van der Waals surface area contributed by atoms with Crippen LogP contribution in [0.2, 0.25) is 0 Å². The fourth-order valence-corrected chi connectivity index (χ4v) is 11.0. The molecule has 0 amide bonds. The topological polar surface area (TPSA) is 0 Å². The van der Waals surface area contributed by atoms with E-state index in [-0.39, 0.29) is 0 Å². The number of hydrogen-bond acceptors (Lipinski definition) is 0. The minimum absolute atomic E-state index is 0.405. The van der Waals surface area contributed by atoms with Crippen molar-refractivity contribution in [3.05, 3.63) is 170 Å². The van der Waals surface area contributed by atoms with E-state index in [2.05, 4.69) is 0 Å². The zero-order chi connectivity index (χ0) is 32.6. The normalized spacial score (nSPS) is 11.7. The Hall–Kier alpha value is -4.11. The lowest BCUT2D eigenvalue weighted by Crippen LogP contribution is -2.45. The van der Waals surface area contributed by atoms with Gasteiger partial charge in [0.2, 0.25) is 0 Å². The standard InChI is InChI=1S/2C18H14BF3P/c2*20-19(21,22)17-13-7-8-14-18(17)23(15-9-3-1-4-10-15)16-11-5-2-6-12-16/h2*1-14H/q2*-1/p+2. The van der Waals surface area contributed by atoms with E-state index < -0.39 is 40.7 Å². The van der Waals surface area contributed by atoms with Crippen LogP contribution in [0.5, 0.6) is 0 Å². The molecule has 232 valence electrons.